The molecule has 0 aliphatic rings. The number of allylic oxidation sites excluding steroid dienone is 2. The maximum absolute atomic E-state index is 4.27. The van der Waals surface area contributed by atoms with Gasteiger partial charge in [0.25, 0.3) is 0 Å². The average Bonchev–Trinajstić information content (AvgIpc) is 2.29. The molecule has 0 unspecified atom stereocenters. The van der Waals surface area contributed by atoms with E-state index in [1.54, 1.807) is 12.3 Å². The number of hydrogen-bond donors (Lipinski definition) is 0. The van der Waals surface area contributed by atoms with Crippen molar-refractivity contribution in [1.82, 2.24) is 9.88 Å². The normalized spacial score (nSPS) is 11.5. The second-order valence-corrected chi connectivity index (χ2v) is 3.55. The quantitative estimate of drug-likeness (QED) is 0.538. The summed E-state index contributed by atoms with van der Waals surface area (Å²) >= 11 is 0. The molecule has 16 heavy (non-hydrogen) atoms. The van der Waals surface area contributed by atoms with E-state index in [2.05, 4.69) is 28.2 Å². The van der Waals surface area contributed by atoms with Crippen LogP contribution in [0.2, 0.25) is 0 Å². The molecule has 3 nitrogen and oxygen atoms in total. The van der Waals surface area contributed by atoms with Crippen LogP contribution >= 0.6 is 0 Å². The van der Waals surface area contributed by atoms with Crippen molar-refractivity contribution in [2.75, 3.05) is 13.6 Å². The summed E-state index contributed by atoms with van der Waals surface area (Å²) in [6, 6.07) is 5.91. The van der Waals surface area contributed by atoms with Gasteiger partial charge < -0.3 is 0 Å². The van der Waals surface area contributed by atoms with E-state index >= 15 is 0 Å². The van der Waals surface area contributed by atoms with Crippen molar-refractivity contribution in [3.05, 3.63) is 54.5 Å². The standard InChI is InChI=1S/C13H17N3/c1-4-7-12(14-2)10-16(3)11-13-8-5-6-9-15-13/h4-9H,1-2,10-11H2,3H3/b12-7-. The minimum atomic E-state index is 0.742. The van der Waals surface area contributed by atoms with Gasteiger partial charge in [0, 0.05) is 19.3 Å². The molecule has 0 aliphatic carbocycles. The lowest BCUT2D eigenvalue weighted by Crippen LogP contribution is -2.20. The first-order chi connectivity index (χ1) is 7.76. The Morgan fingerprint density at radius 2 is 2.38 bits per heavy atom. The Bertz CT molecular complexity index is 368. The molecule has 1 aromatic rings. The second kappa shape index (κ2) is 6.69. The molecule has 0 saturated carbocycles. The summed E-state index contributed by atoms with van der Waals surface area (Å²) in [6.07, 6.45) is 5.38. The minimum absolute atomic E-state index is 0.742. The molecule has 0 fully saturated rings. The Morgan fingerprint density at radius 1 is 1.56 bits per heavy atom. The highest BCUT2D eigenvalue weighted by Crippen LogP contribution is 2.03. The Kier molecular flexibility index (Phi) is 5.16. The van der Waals surface area contributed by atoms with E-state index in [0.717, 1.165) is 24.5 Å². The number of rotatable bonds is 6. The van der Waals surface area contributed by atoms with E-state index in [4.69, 9.17) is 0 Å². The molecule has 0 amide bonds. The fraction of sp³-hybridized carbons (Fsp3) is 0.231. The molecule has 0 spiro atoms. The minimum Gasteiger partial charge on any atom is -0.295 e. The third kappa shape index (κ3) is 4.19. The average molecular weight is 215 g/mol. The topological polar surface area (TPSA) is 28.5 Å². The summed E-state index contributed by atoms with van der Waals surface area (Å²) in [5.74, 6) is 0. The molecule has 0 aromatic carbocycles. The third-order valence-electron chi connectivity index (χ3n) is 2.10. The van der Waals surface area contributed by atoms with Gasteiger partial charge in [-0.25, -0.2) is 0 Å². The molecule has 0 N–H and O–H groups in total. The van der Waals surface area contributed by atoms with E-state index in [1.165, 1.54) is 0 Å². The highest BCUT2D eigenvalue weighted by Gasteiger charge is 2.02. The van der Waals surface area contributed by atoms with Crippen LogP contribution in [0, 0.1) is 0 Å². The summed E-state index contributed by atoms with van der Waals surface area (Å²) in [5.41, 5.74) is 1.96. The Balaban J connectivity index is 2.53. The highest BCUT2D eigenvalue weighted by atomic mass is 15.1. The number of aliphatic imine (C=N–C) groups is 1. The van der Waals surface area contributed by atoms with Crippen LogP contribution in [0.5, 0.6) is 0 Å². The first kappa shape index (κ1) is 12.3. The molecule has 0 bridgehead atoms. The van der Waals surface area contributed by atoms with E-state index in [-0.39, 0.29) is 0 Å². The first-order valence-electron chi connectivity index (χ1n) is 5.13. The lowest BCUT2D eigenvalue weighted by molar-refractivity contribution is 0.350. The van der Waals surface area contributed by atoms with Crippen molar-refractivity contribution < 1.29 is 0 Å². The van der Waals surface area contributed by atoms with Gasteiger partial charge >= 0.3 is 0 Å². The predicted molar refractivity (Wildman–Crippen MR) is 68.4 cm³/mol. The van der Waals surface area contributed by atoms with Gasteiger partial charge in [0.15, 0.2) is 0 Å². The van der Waals surface area contributed by atoms with Crippen LogP contribution < -0.4 is 0 Å². The van der Waals surface area contributed by atoms with E-state index < -0.39 is 0 Å². The van der Waals surface area contributed by atoms with Gasteiger partial charge in [-0.3, -0.25) is 14.9 Å². The molecule has 84 valence electrons. The molecular weight excluding hydrogens is 198 g/mol. The molecule has 0 radical (unpaired) electrons. The Hall–Kier alpha value is -1.74. The lowest BCUT2D eigenvalue weighted by atomic mass is 10.3. The van der Waals surface area contributed by atoms with Gasteiger partial charge in [0.1, 0.15) is 0 Å². The predicted octanol–water partition coefficient (Wildman–Crippen LogP) is 2.28. The molecular formula is C13H17N3. The summed E-state index contributed by atoms with van der Waals surface area (Å²) < 4.78 is 0. The zero-order valence-electron chi connectivity index (χ0n) is 9.63. The molecule has 1 aromatic heterocycles. The number of aromatic nitrogens is 1. The summed E-state index contributed by atoms with van der Waals surface area (Å²) in [6.45, 7) is 8.71. The first-order valence-corrected chi connectivity index (χ1v) is 5.13. The van der Waals surface area contributed by atoms with Crippen molar-refractivity contribution in [1.29, 1.82) is 0 Å². The van der Waals surface area contributed by atoms with E-state index in [1.807, 2.05) is 31.3 Å². The number of pyridine rings is 1. The Morgan fingerprint density at radius 3 is 2.94 bits per heavy atom. The van der Waals surface area contributed by atoms with Crippen molar-refractivity contribution in [3.8, 4) is 0 Å². The van der Waals surface area contributed by atoms with Crippen LogP contribution in [0.3, 0.4) is 0 Å². The monoisotopic (exact) mass is 215 g/mol. The zero-order chi connectivity index (χ0) is 11.8. The van der Waals surface area contributed by atoms with Crippen molar-refractivity contribution in [2.24, 2.45) is 4.99 Å². The Labute approximate surface area is 96.8 Å². The summed E-state index contributed by atoms with van der Waals surface area (Å²) in [5, 5.41) is 0. The van der Waals surface area contributed by atoms with E-state index in [9.17, 15) is 0 Å². The number of likely N-dealkylation sites (N-methyl/N-ethyl adjacent to an activating group) is 1. The molecule has 1 heterocycles. The van der Waals surface area contributed by atoms with Gasteiger partial charge in [-0.2, -0.15) is 0 Å². The van der Waals surface area contributed by atoms with Gasteiger partial charge in [0.2, 0.25) is 0 Å². The van der Waals surface area contributed by atoms with Gasteiger partial charge in [0.05, 0.1) is 11.4 Å². The fourth-order valence-corrected chi connectivity index (χ4v) is 1.39. The number of nitrogens with zero attached hydrogens (tertiary/aromatic N) is 3. The smallest absolute Gasteiger partial charge is 0.0543 e. The van der Waals surface area contributed by atoms with Gasteiger partial charge in [-0.1, -0.05) is 18.7 Å². The maximum Gasteiger partial charge on any atom is 0.0543 e. The van der Waals surface area contributed by atoms with Crippen LogP contribution in [0.1, 0.15) is 5.69 Å². The van der Waals surface area contributed by atoms with Gasteiger partial charge in [-0.15, -0.1) is 0 Å². The van der Waals surface area contributed by atoms with Crippen LogP contribution in [0.4, 0.5) is 0 Å². The number of hydrogen-bond acceptors (Lipinski definition) is 3. The third-order valence-corrected chi connectivity index (χ3v) is 2.10. The molecule has 3 heteroatoms. The van der Waals surface area contributed by atoms with Crippen LogP contribution in [-0.2, 0) is 6.54 Å². The molecule has 1 rings (SSSR count). The zero-order valence-corrected chi connectivity index (χ0v) is 9.63. The van der Waals surface area contributed by atoms with Crippen molar-refractivity contribution in [3.63, 3.8) is 0 Å². The van der Waals surface area contributed by atoms with E-state index in [0.29, 0.717) is 0 Å². The van der Waals surface area contributed by atoms with Crippen LogP contribution in [-0.4, -0.2) is 30.2 Å². The SMILES string of the molecule is C=C/C=C(/CN(C)Cc1ccccn1)N=C. The van der Waals surface area contributed by atoms with Crippen LogP contribution in [0.15, 0.2) is 53.8 Å². The van der Waals surface area contributed by atoms with Crippen molar-refractivity contribution in [2.45, 2.75) is 6.54 Å². The maximum atomic E-state index is 4.27. The van der Waals surface area contributed by atoms with Gasteiger partial charge in [-0.05, 0) is 32.0 Å². The fourth-order valence-electron chi connectivity index (χ4n) is 1.39. The second-order valence-electron chi connectivity index (χ2n) is 3.55. The summed E-state index contributed by atoms with van der Waals surface area (Å²) in [4.78, 5) is 10.3. The molecule has 0 atom stereocenters. The highest BCUT2D eigenvalue weighted by molar-refractivity contribution is 5.30. The van der Waals surface area contributed by atoms with Crippen molar-refractivity contribution >= 4 is 6.72 Å². The molecule has 0 aliphatic heterocycles. The summed E-state index contributed by atoms with van der Waals surface area (Å²) in [7, 11) is 2.02. The lowest BCUT2D eigenvalue weighted by Gasteiger charge is -2.15. The largest absolute Gasteiger partial charge is 0.295 e. The van der Waals surface area contributed by atoms with Crippen LogP contribution in [0.25, 0.3) is 0 Å². The molecule has 0 saturated heterocycles.